The Kier molecular flexibility index (Phi) is 8.60. The molecule has 0 saturated carbocycles. The van der Waals surface area contributed by atoms with Gasteiger partial charge in [0.1, 0.15) is 5.75 Å². The Labute approximate surface area is 174 Å². The predicted molar refractivity (Wildman–Crippen MR) is 106 cm³/mol. The lowest BCUT2D eigenvalue weighted by Gasteiger charge is -2.25. The third-order valence-corrected chi connectivity index (χ3v) is 5.15. The van der Waals surface area contributed by atoms with Crippen LogP contribution in [0.25, 0.3) is 0 Å². The number of fused-ring (bicyclic) bond motifs is 1. The molecule has 10 nitrogen and oxygen atoms in total. The van der Waals surface area contributed by atoms with Crippen LogP contribution in [0.15, 0.2) is 24.3 Å². The van der Waals surface area contributed by atoms with Crippen molar-refractivity contribution in [3.63, 3.8) is 0 Å². The van der Waals surface area contributed by atoms with Crippen LogP contribution in [0.5, 0.6) is 5.75 Å². The Bertz CT molecular complexity index is 771. The van der Waals surface area contributed by atoms with E-state index in [1.807, 2.05) is 4.90 Å². The molecule has 2 aliphatic heterocycles. The van der Waals surface area contributed by atoms with E-state index in [0.717, 1.165) is 19.4 Å². The molecule has 10 heteroatoms. The van der Waals surface area contributed by atoms with Crippen molar-refractivity contribution in [2.45, 2.75) is 31.8 Å². The number of likely N-dealkylation sites (tertiary alicyclic amines) is 2. The van der Waals surface area contributed by atoms with Gasteiger partial charge in [0.25, 0.3) is 18.3 Å². The Morgan fingerprint density at radius 3 is 2.53 bits per heavy atom. The summed E-state index contributed by atoms with van der Waals surface area (Å²) in [7, 11) is 0. The van der Waals surface area contributed by atoms with Gasteiger partial charge < -0.3 is 25.2 Å². The number of esters is 1. The summed E-state index contributed by atoms with van der Waals surface area (Å²) in [6.45, 7) is 3.43. The number of nitrogens with zero attached hydrogens (tertiary/aromatic N) is 2. The zero-order valence-electron chi connectivity index (χ0n) is 16.9. The Balaban J connectivity index is 0.00000101. The van der Waals surface area contributed by atoms with Crippen LogP contribution in [0.2, 0.25) is 0 Å². The van der Waals surface area contributed by atoms with Gasteiger partial charge in [-0.05, 0) is 31.9 Å². The molecule has 2 amide bonds. The van der Waals surface area contributed by atoms with Gasteiger partial charge in [0.2, 0.25) is 0 Å². The molecule has 2 fully saturated rings. The summed E-state index contributed by atoms with van der Waals surface area (Å²) in [6, 6.07) is 6.87. The summed E-state index contributed by atoms with van der Waals surface area (Å²) in [4.78, 5) is 48.1. The molecule has 1 aromatic carbocycles. The Hall–Kier alpha value is -3.14. The second-order valence-electron chi connectivity index (χ2n) is 6.83. The average Bonchev–Trinajstić information content (AvgIpc) is 3.30. The summed E-state index contributed by atoms with van der Waals surface area (Å²) in [5.41, 5.74) is 5.59. The fourth-order valence-corrected chi connectivity index (χ4v) is 3.97. The summed E-state index contributed by atoms with van der Waals surface area (Å²) < 4.78 is 10.6. The van der Waals surface area contributed by atoms with Crippen LogP contribution in [0.3, 0.4) is 0 Å². The van der Waals surface area contributed by atoms with E-state index >= 15 is 0 Å². The molecule has 0 unspecified atom stereocenters. The number of carbonyl (C=O) groups is 4. The van der Waals surface area contributed by atoms with Gasteiger partial charge >= 0.3 is 5.97 Å². The van der Waals surface area contributed by atoms with Gasteiger partial charge in [0, 0.05) is 25.2 Å². The van der Waals surface area contributed by atoms with Crippen molar-refractivity contribution < 1.29 is 33.8 Å². The third kappa shape index (κ3) is 5.69. The van der Waals surface area contributed by atoms with Gasteiger partial charge in [-0.25, -0.2) is 0 Å². The van der Waals surface area contributed by atoms with E-state index in [2.05, 4.69) is 4.90 Å². The highest BCUT2D eigenvalue weighted by atomic mass is 16.5. The lowest BCUT2D eigenvalue weighted by atomic mass is 10.1. The van der Waals surface area contributed by atoms with Crippen molar-refractivity contribution in [1.82, 2.24) is 9.80 Å². The first-order valence-corrected chi connectivity index (χ1v) is 9.71. The van der Waals surface area contributed by atoms with E-state index in [1.165, 1.54) is 0 Å². The SMILES string of the molecule is CCOC(=O)CN1CC[C@H]2[C@@H]1CCN2C(=O)COc1ccccc1C(N)=O.O=CO. The Morgan fingerprint density at radius 1 is 1.20 bits per heavy atom. The van der Waals surface area contributed by atoms with Crippen LogP contribution in [0.4, 0.5) is 0 Å². The van der Waals surface area contributed by atoms with E-state index in [1.54, 1.807) is 31.2 Å². The summed E-state index contributed by atoms with van der Waals surface area (Å²) >= 11 is 0. The number of hydrogen-bond donors (Lipinski definition) is 2. The molecule has 2 heterocycles. The van der Waals surface area contributed by atoms with Gasteiger partial charge in [-0.15, -0.1) is 0 Å². The topological polar surface area (TPSA) is 139 Å². The number of carbonyl (C=O) groups excluding carboxylic acids is 3. The van der Waals surface area contributed by atoms with Crippen molar-refractivity contribution in [3.8, 4) is 5.75 Å². The molecule has 3 N–H and O–H groups in total. The zero-order valence-corrected chi connectivity index (χ0v) is 16.9. The number of para-hydroxylation sites is 1. The largest absolute Gasteiger partial charge is 0.483 e. The first kappa shape index (κ1) is 23.1. The maximum atomic E-state index is 12.6. The van der Waals surface area contributed by atoms with E-state index in [9.17, 15) is 14.4 Å². The highest BCUT2D eigenvalue weighted by Crippen LogP contribution is 2.31. The number of primary amides is 1. The lowest BCUT2D eigenvalue weighted by molar-refractivity contribution is -0.144. The maximum Gasteiger partial charge on any atom is 0.320 e. The minimum Gasteiger partial charge on any atom is -0.483 e. The van der Waals surface area contributed by atoms with Gasteiger partial charge in [0.15, 0.2) is 6.61 Å². The quantitative estimate of drug-likeness (QED) is 0.467. The van der Waals surface area contributed by atoms with E-state index in [-0.39, 0.29) is 49.1 Å². The third-order valence-electron chi connectivity index (χ3n) is 5.15. The highest BCUT2D eigenvalue weighted by Gasteiger charge is 2.44. The summed E-state index contributed by atoms with van der Waals surface area (Å²) in [5.74, 6) is -0.636. The van der Waals surface area contributed by atoms with Crippen molar-refractivity contribution in [2.75, 3.05) is 32.8 Å². The zero-order chi connectivity index (χ0) is 22.1. The average molecular weight is 421 g/mol. The molecule has 3 rings (SSSR count). The molecule has 0 aliphatic carbocycles. The van der Waals surface area contributed by atoms with Crippen molar-refractivity contribution in [3.05, 3.63) is 29.8 Å². The Morgan fingerprint density at radius 2 is 1.87 bits per heavy atom. The number of hydrogen-bond acceptors (Lipinski definition) is 7. The fourth-order valence-electron chi connectivity index (χ4n) is 3.97. The van der Waals surface area contributed by atoms with Crippen molar-refractivity contribution in [1.29, 1.82) is 0 Å². The number of carboxylic acid groups (broad SMARTS) is 1. The maximum absolute atomic E-state index is 12.6. The molecule has 0 radical (unpaired) electrons. The van der Waals surface area contributed by atoms with E-state index in [0.29, 0.717) is 18.9 Å². The number of benzene rings is 1. The van der Waals surface area contributed by atoms with Gasteiger partial charge in [-0.1, -0.05) is 12.1 Å². The monoisotopic (exact) mass is 421 g/mol. The number of rotatable bonds is 7. The predicted octanol–water partition coefficient (Wildman–Crippen LogP) is 0.103. The first-order valence-electron chi connectivity index (χ1n) is 9.71. The minimum absolute atomic E-state index is 0.0851. The van der Waals surface area contributed by atoms with Crippen LogP contribution in [-0.4, -0.2) is 84.1 Å². The van der Waals surface area contributed by atoms with Crippen molar-refractivity contribution in [2.24, 2.45) is 5.73 Å². The molecular weight excluding hydrogens is 394 g/mol. The standard InChI is InChI=1S/C19H25N3O5.CH2O2/c1-2-26-18(24)11-21-9-7-15-14(21)8-10-22(15)17(23)12-27-16-6-4-3-5-13(16)19(20)25;2-1-3/h3-6,14-15H,2,7-12H2,1H3,(H2,20,25);1H,(H,2,3)/t14-,15-;/m0./s1. The molecule has 30 heavy (non-hydrogen) atoms. The lowest BCUT2D eigenvalue weighted by Crippen LogP contribution is -2.42. The van der Waals surface area contributed by atoms with Crippen molar-refractivity contribution >= 4 is 24.3 Å². The van der Waals surface area contributed by atoms with E-state index in [4.69, 9.17) is 25.1 Å². The molecule has 0 spiro atoms. The van der Waals surface area contributed by atoms with Crippen LogP contribution >= 0.6 is 0 Å². The van der Waals surface area contributed by atoms with Crippen LogP contribution in [-0.2, 0) is 19.1 Å². The highest BCUT2D eigenvalue weighted by molar-refractivity contribution is 5.95. The molecule has 164 valence electrons. The number of ether oxygens (including phenoxy) is 2. The normalized spacial score (nSPS) is 20.0. The molecule has 0 bridgehead atoms. The molecule has 1 aromatic rings. The van der Waals surface area contributed by atoms with Crippen LogP contribution in [0.1, 0.15) is 30.1 Å². The fraction of sp³-hybridized carbons (Fsp3) is 0.500. The van der Waals surface area contributed by atoms with E-state index < -0.39 is 5.91 Å². The molecule has 2 atom stereocenters. The molecule has 2 aliphatic rings. The first-order chi connectivity index (χ1) is 14.4. The van der Waals surface area contributed by atoms with Gasteiger partial charge in [-0.2, -0.15) is 0 Å². The smallest absolute Gasteiger partial charge is 0.320 e. The molecule has 0 aromatic heterocycles. The number of amides is 2. The molecule has 2 saturated heterocycles. The number of nitrogens with two attached hydrogens (primary N) is 1. The summed E-state index contributed by atoms with van der Waals surface area (Å²) in [6.07, 6.45) is 1.65. The summed E-state index contributed by atoms with van der Waals surface area (Å²) in [5, 5.41) is 6.89. The van der Waals surface area contributed by atoms with Gasteiger partial charge in [0.05, 0.1) is 18.7 Å². The van der Waals surface area contributed by atoms with Crippen LogP contribution < -0.4 is 10.5 Å². The van der Waals surface area contributed by atoms with Gasteiger partial charge in [-0.3, -0.25) is 24.1 Å². The second-order valence-corrected chi connectivity index (χ2v) is 6.83. The minimum atomic E-state index is -0.593. The van der Waals surface area contributed by atoms with Crippen LogP contribution in [0, 0.1) is 0 Å². The second kappa shape index (κ2) is 11.1. The molecular formula is C20H27N3O7.